The van der Waals surface area contributed by atoms with Crippen LogP contribution in [0.15, 0.2) is 18.2 Å². The molecular weight excluding hydrogens is 274 g/mol. The van der Waals surface area contributed by atoms with Gasteiger partial charge in [-0.25, -0.2) is 0 Å². The van der Waals surface area contributed by atoms with Gasteiger partial charge in [-0.3, -0.25) is 4.79 Å². The normalized spacial score (nSPS) is 14.7. The van der Waals surface area contributed by atoms with Crippen LogP contribution < -0.4 is 5.32 Å². The van der Waals surface area contributed by atoms with Crippen LogP contribution in [0.1, 0.15) is 31.2 Å². The van der Waals surface area contributed by atoms with Gasteiger partial charge in [0.25, 0.3) is 0 Å². The first kappa shape index (κ1) is 14.7. The van der Waals surface area contributed by atoms with Gasteiger partial charge in [0.1, 0.15) is 6.07 Å². The maximum absolute atomic E-state index is 12.0. The van der Waals surface area contributed by atoms with Gasteiger partial charge in [-0.15, -0.1) is 0 Å². The summed E-state index contributed by atoms with van der Waals surface area (Å²) in [5.74, 6) is 0.178. The highest BCUT2D eigenvalue weighted by Gasteiger charge is 2.15. The molecule has 1 N–H and O–H groups in total. The maximum atomic E-state index is 12.0. The fourth-order valence-electron chi connectivity index (χ4n) is 2.37. The minimum Gasteiger partial charge on any atom is -0.383 e. The number of benzene rings is 1. The highest BCUT2D eigenvalue weighted by Crippen LogP contribution is 2.20. The Morgan fingerprint density at radius 3 is 2.80 bits per heavy atom. The van der Waals surface area contributed by atoms with E-state index in [0.717, 1.165) is 25.9 Å². The summed E-state index contributed by atoms with van der Waals surface area (Å²) in [5, 5.41) is 12.7. The minimum atomic E-state index is 0.178. The Labute approximate surface area is 124 Å². The number of carbonyl (C=O) groups excluding carboxylic acids is 1. The van der Waals surface area contributed by atoms with Crippen molar-refractivity contribution in [2.75, 3.05) is 25.0 Å². The van der Waals surface area contributed by atoms with E-state index in [1.54, 1.807) is 18.2 Å². The number of nitrogens with one attached hydrogen (secondary N) is 1. The largest absolute Gasteiger partial charge is 0.383 e. The van der Waals surface area contributed by atoms with Gasteiger partial charge >= 0.3 is 0 Å². The van der Waals surface area contributed by atoms with E-state index < -0.39 is 0 Å². The van der Waals surface area contributed by atoms with E-state index in [4.69, 9.17) is 16.9 Å². The molecule has 2 rings (SSSR count). The zero-order valence-electron chi connectivity index (χ0n) is 11.4. The summed E-state index contributed by atoms with van der Waals surface area (Å²) in [4.78, 5) is 13.9. The molecule has 5 heteroatoms. The SMILES string of the molecule is N#Cc1ccc(Cl)cc1NCCC(=O)N1CCCCC1. The summed E-state index contributed by atoms with van der Waals surface area (Å²) >= 11 is 5.91. The second-order valence-corrected chi connectivity index (χ2v) is 5.36. The van der Waals surface area contributed by atoms with Crippen molar-refractivity contribution in [1.82, 2.24) is 4.90 Å². The van der Waals surface area contributed by atoms with Crippen molar-refractivity contribution < 1.29 is 4.79 Å². The van der Waals surface area contributed by atoms with Crippen LogP contribution in [0.5, 0.6) is 0 Å². The number of halogens is 1. The van der Waals surface area contributed by atoms with Crippen LogP contribution >= 0.6 is 11.6 Å². The highest BCUT2D eigenvalue weighted by atomic mass is 35.5. The van der Waals surface area contributed by atoms with E-state index in [0.29, 0.717) is 29.2 Å². The highest BCUT2D eigenvalue weighted by molar-refractivity contribution is 6.30. The molecule has 0 atom stereocenters. The van der Waals surface area contributed by atoms with Crippen molar-refractivity contribution in [2.24, 2.45) is 0 Å². The molecule has 0 unspecified atom stereocenters. The standard InChI is InChI=1S/C15H18ClN3O/c16-13-5-4-12(11-17)14(10-13)18-7-6-15(20)19-8-2-1-3-9-19/h4-5,10,18H,1-3,6-9H2. The third-order valence-electron chi connectivity index (χ3n) is 3.47. The Kier molecular flexibility index (Phi) is 5.25. The second-order valence-electron chi connectivity index (χ2n) is 4.92. The summed E-state index contributed by atoms with van der Waals surface area (Å²) in [6.07, 6.45) is 3.87. The lowest BCUT2D eigenvalue weighted by Gasteiger charge is -2.26. The lowest BCUT2D eigenvalue weighted by atomic mass is 10.1. The van der Waals surface area contributed by atoms with Crippen LogP contribution in [0.3, 0.4) is 0 Å². The summed E-state index contributed by atoms with van der Waals surface area (Å²) in [6, 6.07) is 7.18. The van der Waals surface area contributed by atoms with Gasteiger partial charge in [0.2, 0.25) is 5.91 Å². The molecule has 0 bridgehead atoms. The van der Waals surface area contributed by atoms with Crippen molar-refractivity contribution in [1.29, 1.82) is 5.26 Å². The smallest absolute Gasteiger partial charge is 0.224 e. The van der Waals surface area contributed by atoms with E-state index >= 15 is 0 Å². The molecule has 0 aromatic heterocycles. The van der Waals surface area contributed by atoms with Crippen molar-refractivity contribution in [2.45, 2.75) is 25.7 Å². The van der Waals surface area contributed by atoms with Gasteiger partial charge in [-0.05, 0) is 37.5 Å². The maximum Gasteiger partial charge on any atom is 0.224 e. The van der Waals surface area contributed by atoms with Gasteiger partial charge in [0, 0.05) is 31.1 Å². The van der Waals surface area contributed by atoms with Crippen LogP contribution in [0.2, 0.25) is 5.02 Å². The molecule has 0 spiro atoms. The fourth-order valence-corrected chi connectivity index (χ4v) is 2.54. The number of hydrogen-bond donors (Lipinski definition) is 1. The fraction of sp³-hybridized carbons (Fsp3) is 0.467. The van der Waals surface area contributed by atoms with E-state index in [9.17, 15) is 4.79 Å². The average molecular weight is 292 g/mol. The van der Waals surface area contributed by atoms with Crippen LogP contribution in [0.25, 0.3) is 0 Å². The first-order chi connectivity index (χ1) is 9.70. The van der Waals surface area contributed by atoms with Gasteiger partial charge in [0.15, 0.2) is 0 Å². The van der Waals surface area contributed by atoms with Crippen LogP contribution in [-0.4, -0.2) is 30.4 Å². The van der Waals surface area contributed by atoms with Crippen molar-refractivity contribution in [3.8, 4) is 6.07 Å². The van der Waals surface area contributed by atoms with E-state index in [-0.39, 0.29) is 5.91 Å². The molecule has 4 nitrogen and oxygen atoms in total. The number of piperidine rings is 1. The zero-order valence-corrected chi connectivity index (χ0v) is 12.1. The number of nitriles is 1. The number of nitrogens with zero attached hydrogens (tertiary/aromatic N) is 2. The van der Waals surface area contributed by atoms with E-state index in [1.807, 2.05) is 4.90 Å². The molecule has 1 fully saturated rings. The first-order valence-electron chi connectivity index (χ1n) is 6.92. The third kappa shape index (κ3) is 3.88. The molecule has 20 heavy (non-hydrogen) atoms. The van der Waals surface area contributed by atoms with Gasteiger partial charge in [0.05, 0.1) is 11.3 Å². The van der Waals surface area contributed by atoms with Gasteiger partial charge in [-0.2, -0.15) is 5.26 Å². The lowest BCUT2D eigenvalue weighted by molar-refractivity contribution is -0.131. The molecule has 1 heterocycles. The van der Waals surface area contributed by atoms with Crippen LogP contribution in [0.4, 0.5) is 5.69 Å². The summed E-state index contributed by atoms with van der Waals surface area (Å²) in [5.41, 5.74) is 1.23. The summed E-state index contributed by atoms with van der Waals surface area (Å²) < 4.78 is 0. The number of rotatable bonds is 4. The van der Waals surface area contributed by atoms with Crippen LogP contribution in [0, 0.1) is 11.3 Å². The molecular formula is C15H18ClN3O. The molecule has 1 aromatic carbocycles. The molecule has 0 saturated carbocycles. The lowest BCUT2D eigenvalue weighted by Crippen LogP contribution is -2.36. The van der Waals surface area contributed by atoms with Crippen molar-refractivity contribution in [3.05, 3.63) is 28.8 Å². The molecule has 1 saturated heterocycles. The Morgan fingerprint density at radius 1 is 1.35 bits per heavy atom. The van der Waals surface area contributed by atoms with Crippen molar-refractivity contribution >= 4 is 23.2 Å². The minimum absolute atomic E-state index is 0.178. The number of carbonyl (C=O) groups is 1. The number of likely N-dealkylation sites (tertiary alicyclic amines) is 1. The quantitative estimate of drug-likeness (QED) is 0.928. The van der Waals surface area contributed by atoms with Gasteiger partial charge in [-0.1, -0.05) is 11.6 Å². The molecule has 0 aliphatic carbocycles. The summed E-state index contributed by atoms with van der Waals surface area (Å²) in [6.45, 7) is 2.27. The van der Waals surface area contributed by atoms with Gasteiger partial charge < -0.3 is 10.2 Å². The Hall–Kier alpha value is -1.73. The third-order valence-corrected chi connectivity index (χ3v) is 3.70. The Balaban J connectivity index is 1.85. The monoisotopic (exact) mass is 291 g/mol. The van der Waals surface area contributed by atoms with Crippen molar-refractivity contribution in [3.63, 3.8) is 0 Å². The molecule has 106 valence electrons. The number of hydrogen-bond acceptors (Lipinski definition) is 3. The molecule has 1 amide bonds. The number of anilines is 1. The predicted molar refractivity (Wildman–Crippen MR) is 79.7 cm³/mol. The molecule has 1 aliphatic heterocycles. The predicted octanol–water partition coefficient (Wildman–Crippen LogP) is 3.03. The average Bonchev–Trinajstić information content (AvgIpc) is 2.48. The molecule has 0 radical (unpaired) electrons. The number of amides is 1. The molecule has 1 aliphatic rings. The Bertz CT molecular complexity index is 518. The van der Waals surface area contributed by atoms with Crippen LogP contribution in [-0.2, 0) is 4.79 Å². The zero-order chi connectivity index (χ0) is 14.4. The molecule has 1 aromatic rings. The topological polar surface area (TPSA) is 56.1 Å². The summed E-state index contributed by atoms with van der Waals surface area (Å²) in [7, 11) is 0. The first-order valence-corrected chi connectivity index (χ1v) is 7.30. The van der Waals surface area contributed by atoms with E-state index in [2.05, 4.69) is 11.4 Å². The van der Waals surface area contributed by atoms with E-state index in [1.165, 1.54) is 6.42 Å². The second kappa shape index (κ2) is 7.16. The Morgan fingerprint density at radius 2 is 2.10 bits per heavy atom.